The second kappa shape index (κ2) is 9.93. The number of aromatic nitrogens is 5. The first-order chi connectivity index (χ1) is 18.1. The SMILES string of the molecule is FC(F)(F)c1cc(-c2ccnc(Nc3ccc(-n4cnc(C(F)(F)F)n4)cc3)n2)cc(N2CCOCC2)c1. The van der Waals surface area contributed by atoms with Crippen LogP contribution in [0, 0.1) is 0 Å². The Labute approximate surface area is 211 Å². The van der Waals surface area contributed by atoms with Gasteiger partial charge in [0.15, 0.2) is 0 Å². The van der Waals surface area contributed by atoms with E-state index in [2.05, 4.69) is 25.4 Å². The van der Waals surface area contributed by atoms with Crippen molar-refractivity contribution in [1.82, 2.24) is 24.7 Å². The van der Waals surface area contributed by atoms with Gasteiger partial charge in [-0.25, -0.2) is 19.6 Å². The van der Waals surface area contributed by atoms with Crippen LogP contribution in [0.3, 0.4) is 0 Å². The van der Waals surface area contributed by atoms with Gasteiger partial charge in [-0.15, -0.1) is 5.10 Å². The van der Waals surface area contributed by atoms with Gasteiger partial charge in [0.1, 0.15) is 6.33 Å². The molecule has 14 heteroatoms. The zero-order valence-electron chi connectivity index (χ0n) is 19.5. The van der Waals surface area contributed by atoms with Crippen molar-refractivity contribution in [1.29, 1.82) is 0 Å². The molecule has 1 N–H and O–H groups in total. The van der Waals surface area contributed by atoms with Crippen LogP contribution in [0.25, 0.3) is 16.9 Å². The molecule has 1 saturated heterocycles. The van der Waals surface area contributed by atoms with Crippen LogP contribution >= 0.6 is 0 Å². The molecule has 0 radical (unpaired) electrons. The predicted molar refractivity (Wildman–Crippen MR) is 125 cm³/mol. The maximum absolute atomic E-state index is 13.7. The number of hydrogen-bond acceptors (Lipinski definition) is 7. The van der Waals surface area contributed by atoms with Gasteiger partial charge in [-0.2, -0.15) is 26.3 Å². The Balaban J connectivity index is 1.38. The van der Waals surface area contributed by atoms with Crippen LogP contribution in [0.15, 0.2) is 61.1 Å². The lowest BCUT2D eigenvalue weighted by atomic mass is 10.0. The van der Waals surface area contributed by atoms with Crippen molar-refractivity contribution in [3.63, 3.8) is 0 Å². The number of morpholine rings is 1. The van der Waals surface area contributed by atoms with E-state index in [1.54, 1.807) is 18.2 Å². The second-order valence-electron chi connectivity index (χ2n) is 8.31. The lowest BCUT2D eigenvalue weighted by molar-refractivity contribution is -0.144. The number of ether oxygens (including phenoxy) is 1. The Bertz CT molecular complexity index is 1410. The van der Waals surface area contributed by atoms with Crippen molar-refractivity contribution in [3.8, 4) is 16.9 Å². The molecule has 0 bridgehead atoms. The van der Waals surface area contributed by atoms with Crippen LogP contribution < -0.4 is 10.2 Å². The van der Waals surface area contributed by atoms with Crippen molar-refractivity contribution in [3.05, 3.63) is 72.4 Å². The molecule has 1 fully saturated rings. The summed E-state index contributed by atoms with van der Waals surface area (Å²) in [6, 6.07) is 11.5. The van der Waals surface area contributed by atoms with E-state index >= 15 is 0 Å². The zero-order valence-corrected chi connectivity index (χ0v) is 19.5. The highest BCUT2D eigenvalue weighted by Gasteiger charge is 2.36. The number of halogens is 6. The van der Waals surface area contributed by atoms with Gasteiger partial charge in [0, 0.05) is 36.2 Å². The van der Waals surface area contributed by atoms with Crippen LogP contribution in [0.4, 0.5) is 43.7 Å². The Kier molecular flexibility index (Phi) is 6.65. The molecule has 5 rings (SSSR count). The molecule has 4 aromatic rings. The highest BCUT2D eigenvalue weighted by molar-refractivity contribution is 5.69. The van der Waals surface area contributed by atoms with Crippen LogP contribution in [-0.2, 0) is 17.1 Å². The van der Waals surface area contributed by atoms with Crippen molar-refractivity contribution in [2.24, 2.45) is 0 Å². The number of nitrogens with one attached hydrogen (secondary N) is 1. The van der Waals surface area contributed by atoms with E-state index in [9.17, 15) is 26.3 Å². The summed E-state index contributed by atoms with van der Waals surface area (Å²) in [6.45, 7) is 1.79. The van der Waals surface area contributed by atoms with Crippen LogP contribution in [0.2, 0.25) is 0 Å². The Morgan fingerprint density at radius 2 is 1.55 bits per heavy atom. The molecule has 0 aliphatic carbocycles. The summed E-state index contributed by atoms with van der Waals surface area (Å²) >= 11 is 0. The van der Waals surface area contributed by atoms with Gasteiger partial charge in [0.2, 0.25) is 5.95 Å². The van der Waals surface area contributed by atoms with Crippen molar-refractivity contribution >= 4 is 17.3 Å². The molecule has 38 heavy (non-hydrogen) atoms. The number of anilines is 3. The average molecular weight is 535 g/mol. The number of rotatable bonds is 5. The molecule has 2 aromatic carbocycles. The minimum Gasteiger partial charge on any atom is -0.378 e. The monoisotopic (exact) mass is 535 g/mol. The van der Waals surface area contributed by atoms with E-state index < -0.39 is 23.7 Å². The smallest absolute Gasteiger partial charge is 0.378 e. The summed E-state index contributed by atoms with van der Waals surface area (Å²) in [5.41, 5.74) is 1.02. The first kappa shape index (κ1) is 25.4. The van der Waals surface area contributed by atoms with Gasteiger partial charge < -0.3 is 15.0 Å². The molecule has 1 aliphatic heterocycles. The number of alkyl halides is 6. The standard InChI is InChI=1S/C24H19F6N7O/c25-23(26,27)16-11-15(12-19(13-16)36-7-9-38-10-8-36)20-5-6-31-22(34-20)33-17-1-3-18(4-2-17)37-14-32-21(35-37)24(28,29)30/h1-6,11-14H,7-10H2,(H,31,33,34). The third-order valence-electron chi connectivity index (χ3n) is 5.71. The molecule has 2 aromatic heterocycles. The molecule has 0 amide bonds. The fourth-order valence-corrected chi connectivity index (χ4v) is 3.85. The average Bonchev–Trinajstić information content (AvgIpc) is 3.40. The van der Waals surface area contributed by atoms with E-state index in [0.29, 0.717) is 43.4 Å². The molecule has 0 saturated carbocycles. The Morgan fingerprint density at radius 3 is 2.21 bits per heavy atom. The number of nitrogens with zero attached hydrogens (tertiary/aromatic N) is 6. The predicted octanol–water partition coefficient (Wildman–Crippen LogP) is 5.34. The van der Waals surface area contributed by atoms with Crippen molar-refractivity contribution < 1.29 is 31.1 Å². The lowest BCUT2D eigenvalue weighted by Gasteiger charge is -2.29. The topological polar surface area (TPSA) is 81.0 Å². The minimum atomic E-state index is -4.66. The highest BCUT2D eigenvalue weighted by atomic mass is 19.4. The molecule has 0 spiro atoms. The van der Waals surface area contributed by atoms with Crippen molar-refractivity contribution in [2.45, 2.75) is 12.4 Å². The molecular weight excluding hydrogens is 516 g/mol. The highest BCUT2D eigenvalue weighted by Crippen LogP contribution is 2.36. The summed E-state index contributed by atoms with van der Waals surface area (Å²) in [4.78, 5) is 13.6. The first-order valence-corrected chi connectivity index (χ1v) is 11.3. The number of benzene rings is 2. The quantitative estimate of drug-likeness (QED) is 0.346. The largest absolute Gasteiger partial charge is 0.453 e. The molecule has 0 unspecified atom stereocenters. The van der Waals surface area contributed by atoms with Crippen LogP contribution in [0.5, 0.6) is 0 Å². The van der Waals surface area contributed by atoms with E-state index in [1.165, 1.54) is 24.4 Å². The Hall–Kier alpha value is -4.20. The lowest BCUT2D eigenvalue weighted by Crippen LogP contribution is -2.36. The summed E-state index contributed by atoms with van der Waals surface area (Å²) in [5.74, 6) is -1.13. The van der Waals surface area contributed by atoms with Gasteiger partial charge in [0.05, 0.1) is 30.2 Å². The summed E-state index contributed by atoms with van der Waals surface area (Å²) in [7, 11) is 0. The fourth-order valence-electron chi connectivity index (χ4n) is 3.85. The zero-order chi connectivity index (χ0) is 26.9. The fraction of sp³-hybridized carbons (Fsp3) is 0.250. The van der Waals surface area contributed by atoms with E-state index in [1.807, 2.05) is 4.90 Å². The minimum absolute atomic E-state index is 0.126. The Morgan fingerprint density at radius 1 is 0.816 bits per heavy atom. The third kappa shape index (κ3) is 5.69. The second-order valence-corrected chi connectivity index (χ2v) is 8.31. The normalized spacial score (nSPS) is 14.5. The van der Waals surface area contributed by atoms with E-state index in [0.717, 1.165) is 23.1 Å². The van der Waals surface area contributed by atoms with Gasteiger partial charge >= 0.3 is 12.4 Å². The van der Waals surface area contributed by atoms with Crippen LogP contribution in [-0.4, -0.2) is 51.0 Å². The first-order valence-electron chi connectivity index (χ1n) is 11.3. The molecular formula is C24H19F6N7O. The third-order valence-corrected chi connectivity index (χ3v) is 5.71. The molecule has 198 valence electrons. The van der Waals surface area contributed by atoms with Gasteiger partial charge in [-0.1, -0.05) is 0 Å². The maximum atomic E-state index is 13.7. The van der Waals surface area contributed by atoms with E-state index in [4.69, 9.17) is 4.74 Å². The molecule has 1 aliphatic rings. The maximum Gasteiger partial charge on any atom is 0.453 e. The summed E-state index contributed by atoms with van der Waals surface area (Å²) in [6.07, 6.45) is -6.82. The van der Waals surface area contributed by atoms with Gasteiger partial charge in [-0.05, 0) is 48.5 Å². The molecule has 0 atom stereocenters. The number of hydrogen-bond donors (Lipinski definition) is 1. The molecule has 3 heterocycles. The van der Waals surface area contributed by atoms with Crippen molar-refractivity contribution in [2.75, 3.05) is 36.5 Å². The van der Waals surface area contributed by atoms with Gasteiger partial charge in [-0.3, -0.25) is 0 Å². The van der Waals surface area contributed by atoms with E-state index in [-0.39, 0.29) is 17.2 Å². The van der Waals surface area contributed by atoms with Gasteiger partial charge in [0.25, 0.3) is 5.82 Å². The summed E-state index contributed by atoms with van der Waals surface area (Å²) < 4.78 is 85.5. The molecule has 8 nitrogen and oxygen atoms in total. The summed E-state index contributed by atoms with van der Waals surface area (Å²) in [5, 5.41) is 6.37. The van der Waals surface area contributed by atoms with Crippen LogP contribution in [0.1, 0.15) is 11.4 Å².